The number of fused-ring (bicyclic) bond motifs is 2. The zero-order valence-electron chi connectivity index (χ0n) is 19.8. The summed E-state index contributed by atoms with van der Waals surface area (Å²) in [6, 6.07) is 6.63. The molecule has 1 saturated heterocycles. The van der Waals surface area contributed by atoms with E-state index in [1.807, 2.05) is 6.07 Å². The predicted octanol–water partition coefficient (Wildman–Crippen LogP) is 2.20. The maximum absolute atomic E-state index is 13.0. The molecule has 0 aromatic carbocycles. The van der Waals surface area contributed by atoms with E-state index in [0.717, 1.165) is 61.4 Å². The fourth-order valence-corrected chi connectivity index (χ4v) is 5.70. The highest BCUT2D eigenvalue weighted by molar-refractivity contribution is 5.91. The van der Waals surface area contributed by atoms with Crippen molar-refractivity contribution in [1.29, 1.82) is 5.26 Å². The first-order chi connectivity index (χ1) is 17.7. The molecule has 0 spiro atoms. The van der Waals surface area contributed by atoms with Gasteiger partial charge < -0.3 is 15.0 Å². The molecule has 184 valence electrons. The lowest BCUT2D eigenvalue weighted by Crippen LogP contribution is -2.43. The number of aromatic nitrogens is 6. The third-order valence-corrected chi connectivity index (χ3v) is 8.22. The molecule has 4 heterocycles. The summed E-state index contributed by atoms with van der Waals surface area (Å²) in [4.78, 5) is 32.9. The highest BCUT2D eigenvalue weighted by Gasteiger charge is 2.54. The van der Waals surface area contributed by atoms with E-state index in [-0.39, 0.29) is 35.6 Å². The van der Waals surface area contributed by atoms with E-state index in [2.05, 4.69) is 52.5 Å². The molecule has 1 aliphatic heterocycles. The van der Waals surface area contributed by atoms with Crippen LogP contribution in [0.3, 0.4) is 0 Å². The second-order valence-electron chi connectivity index (χ2n) is 10.5. The van der Waals surface area contributed by atoms with E-state index in [9.17, 15) is 4.79 Å². The van der Waals surface area contributed by atoms with Gasteiger partial charge in [-0.05, 0) is 56.1 Å². The third kappa shape index (κ3) is 3.90. The Hall–Kier alpha value is -3.81. The number of carbonyl (C=O) groups is 1. The molecule has 5 atom stereocenters. The molecule has 2 N–H and O–H groups in total. The van der Waals surface area contributed by atoms with Crippen molar-refractivity contribution in [3.8, 4) is 12.1 Å². The van der Waals surface area contributed by atoms with E-state index < -0.39 is 0 Å². The van der Waals surface area contributed by atoms with Crippen LogP contribution in [0.4, 0.5) is 5.95 Å². The standard InChI is InChI=1S/C25H27N9O2/c26-11-15-8-16(15)12-36-25-30-22(23(35)28-19-10-14-9-18(14)19)29-24(31-25)34-6-3-13(4-7-34)20-17-2-1-5-27-21(17)33-32-20/h1-2,5,13-16,18-19H,3-4,6-10,12H2,(H,28,35)(H,27,32,33)/t14?,15-,16+,18?,19?/m0/s1. The molecular formula is C25H27N9O2. The Morgan fingerprint density at radius 3 is 2.86 bits per heavy atom. The Morgan fingerprint density at radius 1 is 1.22 bits per heavy atom. The third-order valence-electron chi connectivity index (χ3n) is 8.22. The minimum Gasteiger partial charge on any atom is -0.463 e. The van der Waals surface area contributed by atoms with Crippen molar-refractivity contribution in [2.75, 3.05) is 24.6 Å². The van der Waals surface area contributed by atoms with Gasteiger partial charge in [0.1, 0.15) is 0 Å². The summed E-state index contributed by atoms with van der Waals surface area (Å²) in [5.41, 5.74) is 1.86. The molecule has 4 aliphatic rings. The molecule has 1 amide bonds. The number of hydrogen-bond donors (Lipinski definition) is 2. The summed E-state index contributed by atoms with van der Waals surface area (Å²) in [6.45, 7) is 1.84. The fraction of sp³-hybridized carbons (Fsp3) is 0.560. The van der Waals surface area contributed by atoms with E-state index in [1.54, 1.807) is 6.20 Å². The molecule has 11 heteroatoms. The van der Waals surface area contributed by atoms with Gasteiger partial charge in [-0.25, -0.2) is 4.98 Å². The summed E-state index contributed by atoms with van der Waals surface area (Å²) < 4.78 is 5.85. The minimum atomic E-state index is -0.273. The molecule has 0 bridgehead atoms. The van der Waals surface area contributed by atoms with Gasteiger partial charge in [0.2, 0.25) is 11.8 Å². The van der Waals surface area contributed by atoms with E-state index in [1.165, 1.54) is 6.42 Å². The number of nitrogens with one attached hydrogen (secondary N) is 2. The van der Waals surface area contributed by atoms with Crippen molar-refractivity contribution < 1.29 is 9.53 Å². The lowest BCUT2D eigenvalue weighted by atomic mass is 9.92. The Morgan fingerprint density at radius 2 is 2.11 bits per heavy atom. The van der Waals surface area contributed by atoms with Crippen molar-refractivity contribution in [3.63, 3.8) is 0 Å². The van der Waals surface area contributed by atoms with Crippen molar-refractivity contribution in [2.24, 2.45) is 23.7 Å². The van der Waals surface area contributed by atoms with Gasteiger partial charge in [-0.15, -0.1) is 0 Å². The second-order valence-corrected chi connectivity index (χ2v) is 10.5. The van der Waals surface area contributed by atoms with Gasteiger partial charge >= 0.3 is 6.01 Å². The molecule has 3 aliphatic carbocycles. The summed E-state index contributed by atoms with van der Waals surface area (Å²) >= 11 is 0. The monoisotopic (exact) mass is 485 g/mol. The Labute approximate surface area is 207 Å². The lowest BCUT2D eigenvalue weighted by Gasteiger charge is -2.31. The van der Waals surface area contributed by atoms with Crippen LogP contribution in [0, 0.1) is 35.0 Å². The van der Waals surface area contributed by atoms with Gasteiger partial charge in [-0.2, -0.15) is 25.3 Å². The van der Waals surface area contributed by atoms with Crippen molar-refractivity contribution in [1.82, 2.24) is 35.5 Å². The number of amides is 1. The summed E-state index contributed by atoms with van der Waals surface area (Å²) in [5, 5.41) is 20.8. The summed E-state index contributed by atoms with van der Waals surface area (Å²) in [5.74, 6) is 2.23. The largest absolute Gasteiger partial charge is 0.463 e. The highest BCUT2D eigenvalue weighted by Crippen LogP contribution is 2.55. The number of pyridine rings is 1. The number of carbonyl (C=O) groups excluding carboxylic acids is 1. The quantitative estimate of drug-likeness (QED) is 0.514. The summed E-state index contributed by atoms with van der Waals surface area (Å²) in [6.07, 6.45) is 6.61. The van der Waals surface area contributed by atoms with Crippen LogP contribution in [-0.4, -0.2) is 61.8 Å². The number of rotatable bonds is 7. The minimum absolute atomic E-state index is 0.0338. The smallest absolute Gasteiger partial charge is 0.321 e. The van der Waals surface area contributed by atoms with E-state index in [0.29, 0.717) is 24.4 Å². The topological polar surface area (TPSA) is 146 Å². The van der Waals surface area contributed by atoms with Gasteiger partial charge in [0.25, 0.3) is 5.91 Å². The zero-order valence-corrected chi connectivity index (χ0v) is 19.8. The van der Waals surface area contributed by atoms with Gasteiger partial charge in [0.15, 0.2) is 5.65 Å². The van der Waals surface area contributed by atoms with Crippen LogP contribution in [0.1, 0.15) is 54.3 Å². The number of aromatic amines is 1. The number of nitriles is 1. The molecule has 11 nitrogen and oxygen atoms in total. The van der Waals surface area contributed by atoms with Crippen LogP contribution in [0.2, 0.25) is 0 Å². The molecule has 3 unspecified atom stereocenters. The van der Waals surface area contributed by atoms with Crippen LogP contribution in [0.15, 0.2) is 18.3 Å². The SMILES string of the molecule is N#C[C@@H]1C[C@@H]1COc1nc(C(=O)NC2CC3CC32)nc(N2CCC(c3n[nH]c4ncccc34)CC2)n1. The number of hydrogen-bond acceptors (Lipinski definition) is 9. The van der Waals surface area contributed by atoms with Gasteiger partial charge in [0.05, 0.1) is 24.3 Å². The molecule has 3 aromatic rings. The number of nitrogens with zero attached hydrogens (tertiary/aromatic N) is 7. The maximum atomic E-state index is 13.0. The van der Waals surface area contributed by atoms with E-state index >= 15 is 0 Å². The predicted molar refractivity (Wildman–Crippen MR) is 128 cm³/mol. The maximum Gasteiger partial charge on any atom is 0.321 e. The zero-order chi connectivity index (χ0) is 24.2. The number of anilines is 1. The molecular weight excluding hydrogens is 458 g/mol. The van der Waals surface area contributed by atoms with Crippen molar-refractivity contribution in [3.05, 3.63) is 29.8 Å². The Balaban J connectivity index is 1.08. The van der Waals surface area contributed by atoms with Crippen LogP contribution in [-0.2, 0) is 0 Å². The van der Waals surface area contributed by atoms with Crippen LogP contribution in [0.25, 0.3) is 11.0 Å². The summed E-state index contributed by atoms with van der Waals surface area (Å²) in [7, 11) is 0. The van der Waals surface area contributed by atoms with Crippen LogP contribution in [0.5, 0.6) is 6.01 Å². The molecule has 3 saturated carbocycles. The number of piperidine rings is 1. The molecule has 7 rings (SSSR count). The Bertz CT molecular complexity index is 1360. The van der Waals surface area contributed by atoms with Gasteiger partial charge in [-0.1, -0.05) is 0 Å². The first kappa shape index (κ1) is 21.5. The molecule has 0 radical (unpaired) electrons. The van der Waals surface area contributed by atoms with Crippen molar-refractivity contribution >= 4 is 22.9 Å². The highest BCUT2D eigenvalue weighted by atomic mass is 16.5. The average Bonchev–Trinajstić information content (AvgIpc) is 3.78. The van der Waals surface area contributed by atoms with Gasteiger partial charge in [-0.3, -0.25) is 9.89 Å². The average molecular weight is 486 g/mol. The number of ether oxygens (including phenoxy) is 1. The van der Waals surface area contributed by atoms with E-state index in [4.69, 9.17) is 10.00 Å². The normalized spacial score (nSPS) is 28.6. The van der Waals surface area contributed by atoms with Crippen LogP contribution < -0.4 is 15.0 Å². The molecule has 3 aromatic heterocycles. The fourth-order valence-electron chi connectivity index (χ4n) is 5.70. The second kappa shape index (κ2) is 8.40. The number of H-pyrrole nitrogens is 1. The first-order valence-corrected chi connectivity index (χ1v) is 12.8. The first-order valence-electron chi connectivity index (χ1n) is 12.8. The molecule has 4 fully saturated rings. The Kier molecular flexibility index (Phi) is 5.01. The van der Waals surface area contributed by atoms with Crippen LogP contribution >= 0.6 is 0 Å². The molecule has 36 heavy (non-hydrogen) atoms. The lowest BCUT2D eigenvalue weighted by molar-refractivity contribution is 0.0898. The van der Waals surface area contributed by atoms with Gasteiger partial charge in [0, 0.05) is 42.6 Å². The van der Waals surface area contributed by atoms with Crippen molar-refractivity contribution in [2.45, 2.75) is 44.1 Å².